The fraction of sp³-hybridized carbons (Fsp3) is 0.655. The van der Waals surface area contributed by atoms with Gasteiger partial charge in [0.15, 0.2) is 0 Å². The molecular weight excluding hydrogens is 500 g/mol. The van der Waals surface area contributed by atoms with Gasteiger partial charge in [-0.3, -0.25) is 19.2 Å². The Bertz CT molecular complexity index is 855. The molecule has 0 spiro atoms. The zero-order chi connectivity index (χ0) is 29.0. The Labute approximate surface area is 232 Å². The summed E-state index contributed by atoms with van der Waals surface area (Å²) in [6, 6.07) is -2.92. The maximum Gasteiger partial charge on any atom is 0.245 e. The highest BCUT2D eigenvalue weighted by Crippen LogP contribution is 2.09. The minimum atomic E-state index is -1.30. The number of allylic oxidation sites excluding steroid dienone is 3. The molecule has 0 radical (unpaired) electrons. The molecule has 1 aliphatic rings. The van der Waals surface area contributed by atoms with E-state index in [2.05, 4.69) is 28.2 Å². The lowest BCUT2D eigenvalue weighted by atomic mass is 10.0. The molecule has 0 aromatic heterocycles. The third kappa shape index (κ3) is 15.9. The summed E-state index contributed by atoms with van der Waals surface area (Å²) in [5.74, 6) is -2.20. The topological polar surface area (TPSA) is 157 Å². The molecule has 0 saturated heterocycles. The van der Waals surface area contributed by atoms with Gasteiger partial charge in [0.05, 0.1) is 12.2 Å². The first-order chi connectivity index (χ1) is 18.6. The molecule has 1 aliphatic heterocycles. The molecule has 1 heterocycles. The fourth-order valence-corrected chi connectivity index (χ4v) is 4.05. The number of rotatable bonds is 14. The number of unbranched alkanes of at least 4 members (excludes halogenated alkanes) is 7. The molecule has 39 heavy (non-hydrogen) atoms. The molecule has 5 atom stereocenters. The lowest BCUT2D eigenvalue weighted by Crippen LogP contribution is -2.58. The molecule has 0 aromatic rings. The lowest BCUT2D eigenvalue weighted by molar-refractivity contribution is -0.134. The van der Waals surface area contributed by atoms with Crippen LogP contribution in [0.3, 0.4) is 0 Å². The minimum Gasteiger partial charge on any atom is -0.393 e. The first kappa shape index (κ1) is 34.0. The van der Waals surface area contributed by atoms with Crippen LogP contribution in [0.4, 0.5) is 0 Å². The summed E-state index contributed by atoms with van der Waals surface area (Å²) >= 11 is 0. The first-order valence-corrected chi connectivity index (χ1v) is 14.2. The van der Waals surface area contributed by atoms with E-state index in [-0.39, 0.29) is 25.3 Å². The summed E-state index contributed by atoms with van der Waals surface area (Å²) in [4.78, 5) is 49.8. The van der Waals surface area contributed by atoms with Gasteiger partial charge in [0.2, 0.25) is 23.6 Å². The molecule has 10 heteroatoms. The summed E-state index contributed by atoms with van der Waals surface area (Å²) in [5.41, 5.74) is 0. The molecule has 1 rings (SSSR count). The average Bonchev–Trinajstić information content (AvgIpc) is 2.88. The van der Waals surface area contributed by atoms with Crippen LogP contribution in [-0.4, -0.2) is 70.7 Å². The van der Waals surface area contributed by atoms with Crippen LogP contribution in [0.1, 0.15) is 85.0 Å². The van der Waals surface area contributed by atoms with Crippen molar-refractivity contribution >= 4 is 23.6 Å². The molecule has 10 nitrogen and oxygen atoms in total. The molecule has 0 saturated carbocycles. The average molecular weight is 549 g/mol. The van der Waals surface area contributed by atoms with E-state index in [1.807, 2.05) is 6.08 Å². The van der Waals surface area contributed by atoms with Crippen LogP contribution in [0.25, 0.3) is 0 Å². The van der Waals surface area contributed by atoms with E-state index in [0.717, 1.165) is 12.8 Å². The quantitative estimate of drug-likeness (QED) is 0.111. The van der Waals surface area contributed by atoms with E-state index < -0.39 is 48.1 Å². The molecule has 0 bridgehead atoms. The number of hydrogen-bond acceptors (Lipinski definition) is 6. The van der Waals surface area contributed by atoms with Crippen molar-refractivity contribution in [1.82, 2.24) is 21.3 Å². The van der Waals surface area contributed by atoms with E-state index in [0.29, 0.717) is 0 Å². The molecule has 5 unspecified atom stereocenters. The summed E-state index contributed by atoms with van der Waals surface area (Å²) in [6.45, 7) is 5.43. The van der Waals surface area contributed by atoms with Crippen molar-refractivity contribution in [1.29, 1.82) is 0 Å². The largest absolute Gasteiger partial charge is 0.393 e. The van der Waals surface area contributed by atoms with Crippen molar-refractivity contribution in [3.05, 3.63) is 36.5 Å². The normalized spacial score (nSPS) is 23.3. The van der Waals surface area contributed by atoms with Crippen molar-refractivity contribution in [3.63, 3.8) is 0 Å². The third-order valence-electron chi connectivity index (χ3n) is 6.36. The fourth-order valence-electron chi connectivity index (χ4n) is 4.05. The van der Waals surface area contributed by atoms with Crippen molar-refractivity contribution in [2.45, 2.75) is 115 Å². The summed E-state index contributed by atoms with van der Waals surface area (Å²) in [5, 5.41) is 30.8. The number of carbonyl (C=O) groups excluding carboxylic acids is 4. The lowest BCUT2D eigenvalue weighted by Gasteiger charge is -2.26. The van der Waals surface area contributed by atoms with Crippen LogP contribution < -0.4 is 21.3 Å². The first-order valence-electron chi connectivity index (χ1n) is 14.2. The number of aliphatic hydroxyl groups excluding tert-OH is 2. The van der Waals surface area contributed by atoms with Crippen molar-refractivity contribution in [2.75, 3.05) is 6.54 Å². The van der Waals surface area contributed by atoms with Crippen LogP contribution in [0, 0.1) is 0 Å². The van der Waals surface area contributed by atoms with Crippen molar-refractivity contribution in [3.8, 4) is 0 Å². The summed E-state index contributed by atoms with van der Waals surface area (Å²) in [7, 11) is 0. The van der Waals surface area contributed by atoms with E-state index in [4.69, 9.17) is 0 Å². The summed E-state index contributed by atoms with van der Waals surface area (Å²) < 4.78 is 0. The van der Waals surface area contributed by atoms with Gasteiger partial charge in [0.1, 0.15) is 12.1 Å². The second-order valence-electron chi connectivity index (χ2n) is 10.1. The molecule has 4 amide bonds. The Balaban J connectivity index is 2.64. The Morgan fingerprint density at radius 1 is 1.13 bits per heavy atom. The highest BCUT2D eigenvalue weighted by Gasteiger charge is 2.31. The van der Waals surface area contributed by atoms with Crippen LogP contribution in [0.15, 0.2) is 36.5 Å². The highest BCUT2D eigenvalue weighted by molar-refractivity contribution is 5.95. The Kier molecular flexibility index (Phi) is 17.5. The van der Waals surface area contributed by atoms with Gasteiger partial charge in [-0.2, -0.15) is 0 Å². The molecule has 6 N–H and O–H groups in total. The summed E-state index contributed by atoms with van der Waals surface area (Å²) in [6.07, 6.45) is 16.9. The minimum absolute atomic E-state index is 0.103. The van der Waals surface area contributed by atoms with E-state index >= 15 is 0 Å². The number of hydrogen-bond donors (Lipinski definition) is 6. The van der Waals surface area contributed by atoms with Crippen LogP contribution in [0.5, 0.6) is 0 Å². The maximum absolute atomic E-state index is 12.9. The van der Waals surface area contributed by atoms with Gasteiger partial charge >= 0.3 is 0 Å². The van der Waals surface area contributed by atoms with Gasteiger partial charge < -0.3 is 31.5 Å². The van der Waals surface area contributed by atoms with Gasteiger partial charge in [-0.25, -0.2) is 0 Å². The van der Waals surface area contributed by atoms with Crippen LogP contribution in [0.2, 0.25) is 0 Å². The number of amides is 4. The molecular formula is C29H48N4O6. The van der Waals surface area contributed by atoms with E-state index in [9.17, 15) is 29.4 Å². The second kappa shape index (κ2) is 20.0. The monoisotopic (exact) mass is 548 g/mol. The van der Waals surface area contributed by atoms with Gasteiger partial charge in [-0.05, 0) is 33.1 Å². The number of aliphatic hydroxyl groups is 2. The van der Waals surface area contributed by atoms with Crippen molar-refractivity contribution in [2.24, 2.45) is 0 Å². The maximum atomic E-state index is 12.9. The van der Waals surface area contributed by atoms with Crippen LogP contribution >= 0.6 is 0 Å². The van der Waals surface area contributed by atoms with Gasteiger partial charge in [-0.1, -0.05) is 69.8 Å². The Hall–Kier alpha value is -2.98. The zero-order valence-electron chi connectivity index (χ0n) is 23.7. The number of nitrogens with one attached hydrogen (secondary N) is 4. The Morgan fingerprint density at radius 2 is 1.82 bits per heavy atom. The van der Waals surface area contributed by atoms with E-state index in [1.54, 1.807) is 19.1 Å². The molecule has 0 fully saturated rings. The predicted octanol–water partition coefficient (Wildman–Crippen LogP) is 1.92. The second-order valence-corrected chi connectivity index (χ2v) is 10.1. The van der Waals surface area contributed by atoms with Gasteiger partial charge in [-0.15, -0.1) is 0 Å². The van der Waals surface area contributed by atoms with Gasteiger partial charge in [0.25, 0.3) is 0 Å². The predicted molar refractivity (Wildman–Crippen MR) is 151 cm³/mol. The Morgan fingerprint density at radius 3 is 2.51 bits per heavy atom. The SMILES string of the molecule is CCCCCCCCC/C=C/C=C/C(=O)NC(C(=O)NC1CC(O)CCNC(=O)/C=C\C(C)NC1=O)C(C)O. The highest BCUT2D eigenvalue weighted by atomic mass is 16.3. The standard InChI is InChI=1S/C29H48N4O6/c1-4-5-6-7-8-9-10-11-12-13-14-15-26(37)33-27(22(3)34)29(39)32-24-20-23(35)18-19-30-25(36)17-16-21(2)31-28(24)38/h12-17,21-24,27,34-35H,4-11,18-20H2,1-3H3,(H,30,36)(H,31,38)(H,32,39)(H,33,37)/b13-12+,15-14+,17-16-. The number of carbonyl (C=O) groups is 4. The van der Waals surface area contributed by atoms with Gasteiger partial charge in [0, 0.05) is 31.2 Å². The van der Waals surface area contributed by atoms with E-state index in [1.165, 1.54) is 63.7 Å². The molecule has 0 aromatic carbocycles. The molecule has 220 valence electrons. The zero-order valence-corrected chi connectivity index (χ0v) is 23.7. The van der Waals surface area contributed by atoms with Crippen molar-refractivity contribution < 1.29 is 29.4 Å². The molecule has 0 aliphatic carbocycles. The smallest absolute Gasteiger partial charge is 0.245 e. The van der Waals surface area contributed by atoms with Crippen LogP contribution in [-0.2, 0) is 19.2 Å². The third-order valence-corrected chi connectivity index (χ3v) is 6.36.